The molecule has 1 rings (SSSR count). The first-order chi connectivity index (χ1) is 10.7. The number of aliphatic hydroxyl groups excluding tert-OH is 1. The number of aliphatic imine (C=N–C) groups is 1. The second-order valence-electron chi connectivity index (χ2n) is 4.93. The first kappa shape index (κ1) is 18.2. The highest BCUT2D eigenvalue weighted by Crippen LogP contribution is 2.15. The van der Waals surface area contributed by atoms with Crippen LogP contribution in [0, 0.1) is 0 Å². The fraction of sp³-hybridized carbons (Fsp3) is 0.471. The Hall–Kier alpha value is -1.85. The second-order valence-corrected chi connectivity index (χ2v) is 4.93. The van der Waals surface area contributed by atoms with Gasteiger partial charge in [-0.3, -0.25) is 4.99 Å². The van der Waals surface area contributed by atoms with E-state index in [9.17, 15) is 5.11 Å². The van der Waals surface area contributed by atoms with Crippen LogP contribution in [0.1, 0.15) is 25.5 Å². The summed E-state index contributed by atoms with van der Waals surface area (Å²) in [6.45, 7) is 9.55. The third-order valence-electron chi connectivity index (χ3n) is 3.03. The molecule has 0 saturated carbocycles. The Labute approximate surface area is 133 Å². The summed E-state index contributed by atoms with van der Waals surface area (Å²) in [5.74, 6) is 0.664. The number of nitrogens with zero attached hydrogens (tertiary/aromatic N) is 1. The molecule has 0 spiro atoms. The van der Waals surface area contributed by atoms with E-state index >= 15 is 0 Å². The van der Waals surface area contributed by atoms with E-state index in [1.54, 1.807) is 6.08 Å². The third-order valence-corrected chi connectivity index (χ3v) is 3.03. The number of ether oxygens (including phenoxy) is 1. The van der Waals surface area contributed by atoms with Crippen molar-refractivity contribution in [3.63, 3.8) is 0 Å². The van der Waals surface area contributed by atoms with Crippen LogP contribution in [0.3, 0.4) is 0 Å². The van der Waals surface area contributed by atoms with Crippen LogP contribution in [0.15, 0.2) is 48.0 Å². The average molecular weight is 305 g/mol. The molecule has 1 aromatic carbocycles. The Morgan fingerprint density at radius 3 is 2.73 bits per heavy atom. The van der Waals surface area contributed by atoms with Crippen LogP contribution < -0.4 is 10.6 Å². The topological polar surface area (TPSA) is 65.9 Å². The Balaban J connectivity index is 2.37. The summed E-state index contributed by atoms with van der Waals surface area (Å²) in [7, 11) is 0. The highest BCUT2D eigenvalue weighted by atomic mass is 16.5. The molecule has 0 saturated heterocycles. The SMILES string of the molecule is C=CCNC(=NCC(O)COC(C)c1ccccc1)NCC. The molecule has 1 aromatic rings. The Morgan fingerprint density at radius 2 is 2.09 bits per heavy atom. The van der Waals surface area contributed by atoms with Gasteiger partial charge in [-0.2, -0.15) is 0 Å². The number of rotatable bonds is 9. The number of hydrogen-bond donors (Lipinski definition) is 3. The molecule has 0 bridgehead atoms. The molecule has 0 heterocycles. The minimum absolute atomic E-state index is 0.0491. The lowest BCUT2D eigenvalue weighted by atomic mass is 10.1. The van der Waals surface area contributed by atoms with Crippen LogP contribution in [0.5, 0.6) is 0 Å². The van der Waals surface area contributed by atoms with Crippen molar-refractivity contribution in [2.24, 2.45) is 4.99 Å². The van der Waals surface area contributed by atoms with Crippen molar-refractivity contribution >= 4 is 5.96 Å². The maximum absolute atomic E-state index is 9.98. The number of nitrogens with one attached hydrogen (secondary N) is 2. The maximum Gasteiger partial charge on any atom is 0.191 e. The van der Waals surface area contributed by atoms with Gasteiger partial charge in [0.2, 0.25) is 0 Å². The summed E-state index contributed by atoms with van der Waals surface area (Å²) in [4.78, 5) is 4.32. The molecule has 122 valence electrons. The van der Waals surface area contributed by atoms with Gasteiger partial charge in [0.15, 0.2) is 5.96 Å². The molecule has 0 aliphatic carbocycles. The van der Waals surface area contributed by atoms with Gasteiger partial charge in [0.05, 0.1) is 25.4 Å². The van der Waals surface area contributed by atoms with Gasteiger partial charge in [0.1, 0.15) is 0 Å². The van der Waals surface area contributed by atoms with Crippen molar-refractivity contribution in [2.45, 2.75) is 26.1 Å². The number of benzene rings is 1. The van der Waals surface area contributed by atoms with Crippen molar-refractivity contribution in [3.8, 4) is 0 Å². The van der Waals surface area contributed by atoms with Crippen LogP contribution in [0.4, 0.5) is 0 Å². The highest BCUT2D eigenvalue weighted by Gasteiger charge is 2.09. The molecule has 3 N–H and O–H groups in total. The summed E-state index contributed by atoms with van der Waals surface area (Å²) in [6.07, 6.45) is 1.07. The number of hydrogen-bond acceptors (Lipinski definition) is 3. The van der Waals surface area contributed by atoms with Crippen LogP contribution in [-0.2, 0) is 4.74 Å². The number of aliphatic hydroxyl groups is 1. The second kappa shape index (κ2) is 10.8. The number of guanidine groups is 1. The van der Waals surface area contributed by atoms with E-state index in [2.05, 4.69) is 22.2 Å². The van der Waals surface area contributed by atoms with Crippen LogP contribution in [0.25, 0.3) is 0 Å². The molecule has 2 atom stereocenters. The van der Waals surface area contributed by atoms with Crippen molar-refractivity contribution in [1.82, 2.24) is 10.6 Å². The zero-order chi connectivity index (χ0) is 16.2. The van der Waals surface area contributed by atoms with Crippen molar-refractivity contribution in [3.05, 3.63) is 48.6 Å². The molecular formula is C17H27N3O2. The van der Waals surface area contributed by atoms with Crippen molar-refractivity contribution in [1.29, 1.82) is 0 Å². The first-order valence-corrected chi connectivity index (χ1v) is 7.65. The lowest BCUT2D eigenvalue weighted by Gasteiger charge is -2.16. The fourth-order valence-electron chi connectivity index (χ4n) is 1.84. The Kier molecular flexibility index (Phi) is 8.95. The van der Waals surface area contributed by atoms with Gasteiger partial charge in [0, 0.05) is 13.1 Å². The smallest absolute Gasteiger partial charge is 0.191 e. The van der Waals surface area contributed by atoms with E-state index in [-0.39, 0.29) is 19.3 Å². The predicted molar refractivity (Wildman–Crippen MR) is 91.0 cm³/mol. The largest absolute Gasteiger partial charge is 0.389 e. The quantitative estimate of drug-likeness (QED) is 0.370. The zero-order valence-electron chi connectivity index (χ0n) is 13.5. The summed E-state index contributed by atoms with van der Waals surface area (Å²) in [5.41, 5.74) is 1.10. The molecule has 5 nitrogen and oxygen atoms in total. The molecule has 0 aromatic heterocycles. The lowest BCUT2D eigenvalue weighted by Crippen LogP contribution is -2.38. The van der Waals surface area contributed by atoms with Gasteiger partial charge >= 0.3 is 0 Å². The third kappa shape index (κ3) is 7.24. The molecule has 0 aliphatic heterocycles. The summed E-state index contributed by atoms with van der Waals surface area (Å²) in [6, 6.07) is 9.95. The maximum atomic E-state index is 9.98. The van der Waals surface area contributed by atoms with Crippen LogP contribution in [-0.4, -0.2) is 43.4 Å². The first-order valence-electron chi connectivity index (χ1n) is 7.65. The monoisotopic (exact) mass is 305 g/mol. The van der Waals surface area contributed by atoms with E-state index in [1.807, 2.05) is 44.2 Å². The normalized spacial score (nSPS) is 14.2. The zero-order valence-corrected chi connectivity index (χ0v) is 13.5. The molecule has 0 fully saturated rings. The minimum atomic E-state index is -0.634. The highest BCUT2D eigenvalue weighted by molar-refractivity contribution is 5.79. The van der Waals surface area contributed by atoms with E-state index in [4.69, 9.17) is 4.74 Å². The van der Waals surface area contributed by atoms with E-state index < -0.39 is 6.10 Å². The van der Waals surface area contributed by atoms with E-state index in [1.165, 1.54) is 0 Å². The van der Waals surface area contributed by atoms with Gasteiger partial charge < -0.3 is 20.5 Å². The van der Waals surface area contributed by atoms with Crippen molar-refractivity contribution in [2.75, 3.05) is 26.2 Å². The van der Waals surface area contributed by atoms with E-state index in [0.29, 0.717) is 12.5 Å². The summed E-state index contributed by atoms with van der Waals surface area (Å²) >= 11 is 0. The standard InChI is InChI=1S/C17H27N3O2/c1-4-11-19-17(18-5-2)20-12-16(21)13-22-14(3)15-9-7-6-8-10-15/h4,6-10,14,16,21H,1,5,11-13H2,2-3H3,(H2,18,19,20). The molecule has 22 heavy (non-hydrogen) atoms. The predicted octanol–water partition coefficient (Wildman–Crippen LogP) is 1.87. The van der Waals surface area contributed by atoms with Crippen LogP contribution >= 0.6 is 0 Å². The minimum Gasteiger partial charge on any atom is -0.389 e. The Morgan fingerprint density at radius 1 is 1.36 bits per heavy atom. The van der Waals surface area contributed by atoms with Gasteiger partial charge in [-0.1, -0.05) is 36.4 Å². The molecule has 0 amide bonds. The lowest BCUT2D eigenvalue weighted by molar-refractivity contribution is 0.00112. The molecule has 5 heteroatoms. The van der Waals surface area contributed by atoms with Crippen LogP contribution in [0.2, 0.25) is 0 Å². The van der Waals surface area contributed by atoms with E-state index in [0.717, 1.165) is 12.1 Å². The molecule has 0 radical (unpaired) electrons. The van der Waals surface area contributed by atoms with Gasteiger partial charge in [0.25, 0.3) is 0 Å². The summed E-state index contributed by atoms with van der Waals surface area (Å²) in [5, 5.41) is 16.2. The molecule has 2 unspecified atom stereocenters. The summed E-state index contributed by atoms with van der Waals surface area (Å²) < 4.78 is 5.69. The average Bonchev–Trinajstić information content (AvgIpc) is 2.56. The van der Waals surface area contributed by atoms with Gasteiger partial charge in [-0.15, -0.1) is 6.58 Å². The van der Waals surface area contributed by atoms with Gasteiger partial charge in [-0.25, -0.2) is 0 Å². The Bertz CT molecular complexity index is 448. The van der Waals surface area contributed by atoms with Gasteiger partial charge in [-0.05, 0) is 19.4 Å². The van der Waals surface area contributed by atoms with Crippen molar-refractivity contribution < 1.29 is 9.84 Å². The molecular weight excluding hydrogens is 278 g/mol. The fourth-order valence-corrected chi connectivity index (χ4v) is 1.84. The molecule has 0 aliphatic rings.